The summed E-state index contributed by atoms with van der Waals surface area (Å²) in [6.45, 7) is 10.1. The zero-order valence-corrected chi connectivity index (χ0v) is 21.9. The van der Waals surface area contributed by atoms with E-state index in [4.69, 9.17) is 14.2 Å². The number of allylic oxidation sites excluding steroid dienone is 1. The van der Waals surface area contributed by atoms with Crippen molar-refractivity contribution >= 4 is 23.4 Å². The van der Waals surface area contributed by atoms with Crippen LogP contribution in [0.2, 0.25) is 0 Å². The number of esters is 1. The van der Waals surface area contributed by atoms with E-state index in [1.165, 1.54) is 11.3 Å². The maximum absolute atomic E-state index is 13.8. The molecule has 0 fully saturated rings. The van der Waals surface area contributed by atoms with Crippen LogP contribution in [0.1, 0.15) is 51.8 Å². The first-order chi connectivity index (χ1) is 17.3. The minimum Gasteiger partial charge on any atom is -0.494 e. The van der Waals surface area contributed by atoms with Crippen LogP contribution >= 0.6 is 11.3 Å². The molecular weight excluding hydrogens is 476 g/mol. The molecule has 1 aromatic heterocycles. The van der Waals surface area contributed by atoms with Crippen LogP contribution in [0, 0.1) is 0 Å². The molecule has 0 bridgehead atoms. The Balaban J connectivity index is 1.95. The molecule has 7 nitrogen and oxygen atoms in total. The quantitative estimate of drug-likeness (QED) is 0.432. The lowest BCUT2D eigenvalue weighted by atomic mass is 9.95. The second-order valence-electron chi connectivity index (χ2n) is 8.51. The van der Waals surface area contributed by atoms with Gasteiger partial charge in [-0.25, -0.2) is 9.79 Å². The normalized spacial score (nSPS) is 15.5. The molecule has 188 valence electrons. The first-order valence-electron chi connectivity index (χ1n) is 12.0. The van der Waals surface area contributed by atoms with Gasteiger partial charge in [-0.1, -0.05) is 41.7 Å². The SMILES string of the molecule is CCOC(=O)C1=C(C)N=c2sc(=Cc3cccc(OCC)c3)c(=O)n2C1c1ccccc1OC(C)C. The molecule has 1 aliphatic rings. The Hall–Kier alpha value is -3.65. The lowest BCUT2D eigenvalue weighted by Crippen LogP contribution is -2.40. The van der Waals surface area contributed by atoms with Crippen LogP contribution in [-0.2, 0) is 9.53 Å². The van der Waals surface area contributed by atoms with Gasteiger partial charge >= 0.3 is 5.97 Å². The smallest absolute Gasteiger partial charge is 0.338 e. The Morgan fingerprint density at radius 1 is 1.14 bits per heavy atom. The van der Waals surface area contributed by atoms with Gasteiger partial charge in [0.2, 0.25) is 0 Å². The van der Waals surface area contributed by atoms with Gasteiger partial charge in [0.1, 0.15) is 17.5 Å². The van der Waals surface area contributed by atoms with Crippen molar-refractivity contribution in [2.24, 2.45) is 4.99 Å². The first-order valence-corrected chi connectivity index (χ1v) is 12.8. The zero-order chi connectivity index (χ0) is 25.8. The molecule has 0 radical (unpaired) electrons. The monoisotopic (exact) mass is 506 g/mol. The molecule has 0 spiro atoms. The molecule has 0 saturated heterocycles. The molecule has 0 N–H and O–H groups in total. The van der Waals surface area contributed by atoms with Crippen LogP contribution in [0.5, 0.6) is 11.5 Å². The molecule has 3 aromatic rings. The summed E-state index contributed by atoms with van der Waals surface area (Å²) in [4.78, 5) is 32.1. The summed E-state index contributed by atoms with van der Waals surface area (Å²) < 4.78 is 19.1. The molecular formula is C28H30N2O5S. The fourth-order valence-electron chi connectivity index (χ4n) is 4.17. The van der Waals surface area contributed by atoms with E-state index in [1.807, 2.05) is 75.4 Å². The summed E-state index contributed by atoms with van der Waals surface area (Å²) in [5, 5.41) is 0. The summed E-state index contributed by atoms with van der Waals surface area (Å²) in [7, 11) is 0. The van der Waals surface area contributed by atoms with E-state index in [0.29, 0.717) is 38.5 Å². The molecule has 8 heteroatoms. The number of benzene rings is 2. The maximum atomic E-state index is 13.8. The maximum Gasteiger partial charge on any atom is 0.338 e. The Morgan fingerprint density at radius 2 is 1.92 bits per heavy atom. The average Bonchev–Trinajstić information content (AvgIpc) is 3.13. The van der Waals surface area contributed by atoms with E-state index in [2.05, 4.69) is 4.99 Å². The second-order valence-corrected chi connectivity index (χ2v) is 9.52. The third-order valence-corrected chi connectivity index (χ3v) is 6.54. The molecule has 1 unspecified atom stereocenters. The topological polar surface area (TPSA) is 79.1 Å². The van der Waals surface area contributed by atoms with E-state index in [9.17, 15) is 9.59 Å². The number of fused-ring (bicyclic) bond motifs is 1. The Morgan fingerprint density at radius 3 is 2.64 bits per heavy atom. The van der Waals surface area contributed by atoms with Gasteiger partial charge < -0.3 is 14.2 Å². The highest BCUT2D eigenvalue weighted by Crippen LogP contribution is 2.36. The molecule has 2 heterocycles. The van der Waals surface area contributed by atoms with Crippen LogP contribution in [-0.4, -0.2) is 29.9 Å². The summed E-state index contributed by atoms with van der Waals surface area (Å²) in [6, 6.07) is 14.3. The Labute approximate surface area is 214 Å². The standard InChI is InChI=1S/C28H30N2O5S/c1-6-33-20-12-10-11-19(15-20)16-23-26(31)30-25(21-13-8-9-14-22(21)35-17(3)4)24(27(32)34-7-2)18(5)29-28(30)36-23/h8-17,25H,6-7H2,1-5H3. The number of nitrogens with zero attached hydrogens (tertiary/aromatic N) is 2. The number of ether oxygens (including phenoxy) is 3. The summed E-state index contributed by atoms with van der Waals surface area (Å²) in [5.74, 6) is 0.840. The number of rotatable bonds is 8. The molecule has 2 aromatic carbocycles. The highest BCUT2D eigenvalue weighted by Gasteiger charge is 2.35. The number of para-hydroxylation sites is 1. The van der Waals surface area contributed by atoms with E-state index < -0.39 is 12.0 Å². The molecule has 0 amide bonds. The van der Waals surface area contributed by atoms with Crippen LogP contribution in [0.3, 0.4) is 0 Å². The first kappa shape index (κ1) is 25.4. The third kappa shape index (κ3) is 5.14. The van der Waals surface area contributed by atoms with E-state index in [-0.39, 0.29) is 18.3 Å². The zero-order valence-electron chi connectivity index (χ0n) is 21.1. The van der Waals surface area contributed by atoms with Gasteiger partial charge in [0.05, 0.1) is 35.1 Å². The summed E-state index contributed by atoms with van der Waals surface area (Å²) >= 11 is 1.29. The van der Waals surface area contributed by atoms with Crippen molar-refractivity contribution in [1.82, 2.24) is 4.57 Å². The van der Waals surface area contributed by atoms with Gasteiger partial charge in [-0.15, -0.1) is 0 Å². The third-order valence-electron chi connectivity index (χ3n) is 5.56. The summed E-state index contributed by atoms with van der Waals surface area (Å²) in [5.41, 5.74) is 2.15. The lowest BCUT2D eigenvalue weighted by molar-refractivity contribution is -0.139. The highest BCUT2D eigenvalue weighted by atomic mass is 32.1. The number of hydrogen-bond acceptors (Lipinski definition) is 7. The predicted molar refractivity (Wildman–Crippen MR) is 140 cm³/mol. The molecule has 36 heavy (non-hydrogen) atoms. The van der Waals surface area contributed by atoms with Crippen LogP contribution < -0.4 is 24.4 Å². The van der Waals surface area contributed by atoms with Gasteiger partial charge in [-0.3, -0.25) is 9.36 Å². The minimum atomic E-state index is -0.729. The Bertz CT molecular complexity index is 1480. The molecule has 0 aliphatic carbocycles. The van der Waals surface area contributed by atoms with Crippen molar-refractivity contribution < 1.29 is 19.0 Å². The predicted octanol–water partition coefficient (Wildman–Crippen LogP) is 3.98. The fraction of sp³-hybridized carbons (Fsp3) is 0.321. The van der Waals surface area contributed by atoms with Gasteiger partial charge in [0.15, 0.2) is 4.80 Å². The van der Waals surface area contributed by atoms with Crippen molar-refractivity contribution in [3.8, 4) is 11.5 Å². The lowest BCUT2D eigenvalue weighted by Gasteiger charge is -2.26. The Kier molecular flexibility index (Phi) is 7.74. The summed E-state index contributed by atoms with van der Waals surface area (Å²) in [6.07, 6.45) is 1.74. The van der Waals surface area contributed by atoms with Crippen LogP contribution in [0.15, 0.2) is 69.6 Å². The van der Waals surface area contributed by atoms with Crippen LogP contribution in [0.25, 0.3) is 6.08 Å². The van der Waals surface area contributed by atoms with Crippen molar-refractivity contribution in [2.75, 3.05) is 13.2 Å². The second kappa shape index (κ2) is 11.0. The van der Waals surface area contributed by atoms with E-state index in [1.54, 1.807) is 18.4 Å². The van der Waals surface area contributed by atoms with Crippen LogP contribution in [0.4, 0.5) is 0 Å². The molecule has 1 atom stereocenters. The van der Waals surface area contributed by atoms with Crippen molar-refractivity contribution in [2.45, 2.75) is 46.8 Å². The molecule has 4 rings (SSSR count). The van der Waals surface area contributed by atoms with Crippen molar-refractivity contribution in [3.63, 3.8) is 0 Å². The largest absolute Gasteiger partial charge is 0.494 e. The molecule has 1 aliphatic heterocycles. The van der Waals surface area contributed by atoms with Gasteiger partial charge in [-0.05, 0) is 64.5 Å². The van der Waals surface area contributed by atoms with E-state index in [0.717, 1.165) is 11.3 Å². The van der Waals surface area contributed by atoms with Gasteiger partial charge in [-0.2, -0.15) is 0 Å². The van der Waals surface area contributed by atoms with Gasteiger partial charge in [0, 0.05) is 5.56 Å². The fourth-order valence-corrected chi connectivity index (χ4v) is 5.21. The number of carbonyl (C=O) groups is 1. The van der Waals surface area contributed by atoms with Crippen molar-refractivity contribution in [3.05, 3.63) is 90.6 Å². The average molecular weight is 507 g/mol. The van der Waals surface area contributed by atoms with Gasteiger partial charge in [0.25, 0.3) is 5.56 Å². The van der Waals surface area contributed by atoms with Crippen molar-refractivity contribution in [1.29, 1.82) is 0 Å². The minimum absolute atomic E-state index is 0.0873. The number of aromatic nitrogens is 1. The highest BCUT2D eigenvalue weighted by molar-refractivity contribution is 7.07. The number of thiazole rings is 1. The number of hydrogen-bond donors (Lipinski definition) is 0. The van der Waals surface area contributed by atoms with E-state index >= 15 is 0 Å². The number of carbonyl (C=O) groups excluding carboxylic acids is 1. The molecule has 0 saturated carbocycles.